The Bertz CT molecular complexity index is 868. The smallest absolute Gasteiger partial charge is 0.387 e. The molecule has 6 heteroatoms. The third-order valence-electron chi connectivity index (χ3n) is 5.05. The van der Waals surface area contributed by atoms with E-state index >= 15 is 0 Å². The van der Waals surface area contributed by atoms with Crippen LogP contribution in [0.1, 0.15) is 49.1 Å². The van der Waals surface area contributed by atoms with Gasteiger partial charge in [0.05, 0.1) is 22.9 Å². The predicted octanol–water partition coefficient (Wildman–Crippen LogP) is 5.02. The van der Waals surface area contributed by atoms with Crippen LogP contribution in [-0.2, 0) is 6.18 Å². The molecule has 3 nitrogen and oxygen atoms in total. The first-order valence-corrected chi connectivity index (χ1v) is 9.08. The molecule has 1 saturated heterocycles. The Labute approximate surface area is 156 Å². The molecule has 0 amide bonds. The van der Waals surface area contributed by atoms with Gasteiger partial charge in [-0.05, 0) is 49.6 Å². The molecule has 0 bridgehead atoms. The molecule has 0 saturated carbocycles. The number of halogens is 3. The number of hydrogen-bond acceptors (Lipinski definition) is 3. The maximum Gasteiger partial charge on any atom is 0.418 e. The average molecular weight is 376 g/mol. The minimum atomic E-state index is -4.53. The third kappa shape index (κ3) is 3.92. The fourth-order valence-corrected chi connectivity index (χ4v) is 3.63. The van der Waals surface area contributed by atoms with Crippen LogP contribution in [0.4, 0.5) is 13.2 Å². The molecule has 2 aromatic rings. The molecule has 1 aromatic carbocycles. The van der Waals surface area contributed by atoms with E-state index in [0.717, 1.165) is 31.9 Å². The summed E-state index contributed by atoms with van der Waals surface area (Å²) in [5, 5.41) is 14.6. The standard InChI is InChI=1S/C21H23F3N2O/c1-3-13(4-2)18-12-15(20(27)17-10-5-6-11-25-17)14-8-7-9-16(19(14)26-18)21(22,23)24/h3-4,7-9,12,17,20,25,27H,1,5-6,10-11H2,2H3/b13-4+. The number of nitrogens with one attached hydrogen (secondary N) is 1. The first kappa shape index (κ1) is 19.6. The van der Waals surface area contributed by atoms with Gasteiger partial charge in [-0.1, -0.05) is 37.3 Å². The Balaban J connectivity index is 2.25. The molecular formula is C21H23F3N2O. The fraction of sp³-hybridized carbons (Fsp3) is 0.381. The van der Waals surface area contributed by atoms with Crippen molar-refractivity contribution in [3.8, 4) is 0 Å². The highest BCUT2D eigenvalue weighted by Gasteiger charge is 2.34. The van der Waals surface area contributed by atoms with Crippen LogP contribution in [0.2, 0.25) is 0 Å². The number of hydrogen-bond donors (Lipinski definition) is 2. The van der Waals surface area contributed by atoms with Crippen LogP contribution in [0.25, 0.3) is 16.5 Å². The van der Waals surface area contributed by atoms with Gasteiger partial charge in [0.15, 0.2) is 0 Å². The maximum absolute atomic E-state index is 13.6. The predicted molar refractivity (Wildman–Crippen MR) is 101 cm³/mol. The van der Waals surface area contributed by atoms with Gasteiger partial charge in [-0.3, -0.25) is 0 Å². The number of rotatable bonds is 4. The lowest BCUT2D eigenvalue weighted by atomic mass is 9.91. The number of pyridine rings is 1. The molecule has 144 valence electrons. The van der Waals surface area contributed by atoms with E-state index in [1.807, 2.05) is 0 Å². The Morgan fingerprint density at radius 1 is 1.37 bits per heavy atom. The van der Waals surface area contributed by atoms with E-state index in [0.29, 0.717) is 22.2 Å². The summed E-state index contributed by atoms with van der Waals surface area (Å²) in [7, 11) is 0. The summed E-state index contributed by atoms with van der Waals surface area (Å²) in [6.07, 6.45) is 0.638. The van der Waals surface area contributed by atoms with Crippen LogP contribution >= 0.6 is 0 Å². The molecule has 1 fully saturated rings. The molecule has 0 spiro atoms. The summed E-state index contributed by atoms with van der Waals surface area (Å²) in [5.74, 6) is 0. The second-order valence-electron chi connectivity index (χ2n) is 6.75. The molecular weight excluding hydrogens is 353 g/mol. The molecule has 27 heavy (non-hydrogen) atoms. The summed E-state index contributed by atoms with van der Waals surface area (Å²) < 4.78 is 40.7. The summed E-state index contributed by atoms with van der Waals surface area (Å²) in [6.45, 7) is 6.28. The van der Waals surface area contributed by atoms with Crippen LogP contribution in [-0.4, -0.2) is 22.7 Å². The molecule has 0 radical (unpaired) electrons. The normalized spacial score (nSPS) is 19.9. The van der Waals surface area contributed by atoms with E-state index in [9.17, 15) is 18.3 Å². The molecule has 1 aromatic heterocycles. The lowest BCUT2D eigenvalue weighted by Crippen LogP contribution is -2.38. The highest BCUT2D eigenvalue weighted by atomic mass is 19.4. The number of fused-ring (bicyclic) bond motifs is 1. The molecule has 0 aliphatic carbocycles. The van der Waals surface area contributed by atoms with E-state index in [1.165, 1.54) is 6.07 Å². The topological polar surface area (TPSA) is 45.1 Å². The molecule has 1 aliphatic rings. The van der Waals surface area contributed by atoms with Crippen LogP contribution in [0.15, 0.2) is 43.0 Å². The highest BCUT2D eigenvalue weighted by molar-refractivity contribution is 5.88. The zero-order valence-electron chi connectivity index (χ0n) is 15.2. The number of benzene rings is 1. The summed E-state index contributed by atoms with van der Waals surface area (Å²) in [5.41, 5.74) is 0.516. The number of nitrogens with zero attached hydrogens (tertiary/aromatic N) is 1. The van der Waals surface area contributed by atoms with E-state index in [2.05, 4.69) is 16.9 Å². The Kier molecular flexibility index (Phi) is 5.67. The van der Waals surface area contributed by atoms with Crippen molar-refractivity contribution in [2.75, 3.05) is 6.54 Å². The lowest BCUT2D eigenvalue weighted by Gasteiger charge is -2.29. The van der Waals surface area contributed by atoms with Gasteiger partial charge in [0.2, 0.25) is 0 Å². The van der Waals surface area contributed by atoms with Gasteiger partial charge in [-0.2, -0.15) is 13.2 Å². The van der Waals surface area contributed by atoms with Gasteiger partial charge in [0.1, 0.15) is 0 Å². The fourth-order valence-electron chi connectivity index (χ4n) is 3.63. The number of aliphatic hydroxyl groups excluding tert-OH is 1. The first-order valence-electron chi connectivity index (χ1n) is 9.08. The van der Waals surface area contributed by atoms with Crippen molar-refractivity contribution in [1.82, 2.24) is 10.3 Å². The van der Waals surface area contributed by atoms with Gasteiger partial charge in [-0.15, -0.1) is 0 Å². The minimum absolute atomic E-state index is 0.145. The van der Waals surface area contributed by atoms with Gasteiger partial charge >= 0.3 is 6.18 Å². The highest BCUT2D eigenvalue weighted by Crippen LogP contribution is 2.38. The van der Waals surface area contributed by atoms with Crippen molar-refractivity contribution in [3.05, 3.63) is 59.8 Å². The van der Waals surface area contributed by atoms with Gasteiger partial charge in [0.25, 0.3) is 0 Å². The molecule has 2 N–H and O–H groups in total. The molecule has 1 aliphatic heterocycles. The molecule has 2 atom stereocenters. The Morgan fingerprint density at radius 2 is 2.15 bits per heavy atom. The Hall–Kier alpha value is -2.18. The second-order valence-corrected chi connectivity index (χ2v) is 6.75. The van der Waals surface area contributed by atoms with E-state index in [4.69, 9.17) is 0 Å². The van der Waals surface area contributed by atoms with E-state index in [1.54, 1.807) is 31.2 Å². The van der Waals surface area contributed by atoms with Crippen molar-refractivity contribution >= 4 is 16.5 Å². The van der Waals surface area contributed by atoms with E-state index < -0.39 is 17.8 Å². The summed E-state index contributed by atoms with van der Waals surface area (Å²) >= 11 is 0. The zero-order valence-corrected chi connectivity index (χ0v) is 15.2. The van der Waals surface area contributed by atoms with Crippen LogP contribution in [0, 0.1) is 0 Å². The first-order chi connectivity index (χ1) is 12.9. The number of alkyl halides is 3. The van der Waals surface area contributed by atoms with E-state index in [-0.39, 0.29) is 11.6 Å². The van der Waals surface area contributed by atoms with Gasteiger partial charge in [-0.25, -0.2) is 4.98 Å². The number of aromatic nitrogens is 1. The monoisotopic (exact) mass is 376 g/mol. The van der Waals surface area contributed by atoms with Crippen molar-refractivity contribution in [2.24, 2.45) is 0 Å². The average Bonchev–Trinajstić information content (AvgIpc) is 2.67. The second kappa shape index (κ2) is 7.82. The zero-order chi connectivity index (χ0) is 19.6. The quantitative estimate of drug-likeness (QED) is 0.737. The number of piperidine rings is 1. The number of aliphatic hydroxyl groups is 1. The summed E-state index contributed by atoms with van der Waals surface area (Å²) in [6, 6.07) is 5.47. The maximum atomic E-state index is 13.6. The van der Waals surface area contributed by atoms with Crippen molar-refractivity contribution in [1.29, 1.82) is 0 Å². The minimum Gasteiger partial charge on any atom is -0.387 e. The molecule has 3 rings (SSSR count). The van der Waals surface area contributed by atoms with Crippen molar-refractivity contribution in [2.45, 2.75) is 44.5 Å². The van der Waals surface area contributed by atoms with Crippen LogP contribution in [0.5, 0.6) is 0 Å². The number of para-hydroxylation sites is 1. The van der Waals surface area contributed by atoms with Gasteiger partial charge < -0.3 is 10.4 Å². The van der Waals surface area contributed by atoms with Gasteiger partial charge in [0, 0.05) is 11.4 Å². The molecule has 2 heterocycles. The van der Waals surface area contributed by atoms with Crippen molar-refractivity contribution in [3.63, 3.8) is 0 Å². The van der Waals surface area contributed by atoms with Crippen LogP contribution < -0.4 is 5.32 Å². The largest absolute Gasteiger partial charge is 0.418 e. The van der Waals surface area contributed by atoms with Crippen molar-refractivity contribution < 1.29 is 18.3 Å². The SMILES string of the molecule is C=C/C(=C\C)c1cc(C(O)C2CCCCN2)c2cccc(C(F)(F)F)c2n1. The third-order valence-corrected chi connectivity index (χ3v) is 5.05. The Morgan fingerprint density at radius 3 is 2.74 bits per heavy atom. The summed E-state index contributed by atoms with van der Waals surface area (Å²) in [4.78, 5) is 4.28. The molecule has 2 unspecified atom stereocenters. The lowest BCUT2D eigenvalue weighted by molar-refractivity contribution is -0.136. The van der Waals surface area contributed by atoms with Crippen LogP contribution in [0.3, 0.4) is 0 Å². The number of allylic oxidation sites excluding steroid dienone is 3.